The summed E-state index contributed by atoms with van der Waals surface area (Å²) in [5, 5.41) is 23.0. The van der Waals surface area contributed by atoms with E-state index < -0.39 is 10.8 Å². The van der Waals surface area contributed by atoms with Gasteiger partial charge in [0, 0.05) is 77.9 Å². The fraction of sp³-hybridized carbons (Fsp3) is 0.290. The van der Waals surface area contributed by atoms with E-state index in [0.29, 0.717) is 0 Å². The molecular weight excluding hydrogens is 492 g/mol. The average Bonchev–Trinajstić information content (AvgIpc) is 3.21. The van der Waals surface area contributed by atoms with Crippen molar-refractivity contribution in [1.82, 2.24) is 0 Å². The normalized spacial score (nSPS) is 19.1. The third-order valence-electron chi connectivity index (χ3n) is 8.31. The molecule has 5 rings (SSSR count). The van der Waals surface area contributed by atoms with Gasteiger partial charge in [-0.15, -0.1) is 0 Å². The van der Waals surface area contributed by atoms with Gasteiger partial charge in [0.2, 0.25) is 0 Å². The SMILES string of the molecule is CN1/C(=C\C(/C=C2\N(C)c3ccc([N+](=O)[O-])cc3C2(C)C)c2ccccc2)C(C)(C)c2cc([N+](=O)[O-])ccc21. The molecule has 8 nitrogen and oxygen atoms in total. The molecule has 39 heavy (non-hydrogen) atoms. The van der Waals surface area contributed by atoms with Crippen molar-refractivity contribution < 1.29 is 9.85 Å². The Morgan fingerprint density at radius 3 is 1.49 bits per heavy atom. The van der Waals surface area contributed by atoms with E-state index in [9.17, 15) is 20.2 Å². The van der Waals surface area contributed by atoms with Crippen molar-refractivity contribution in [2.45, 2.75) is 44.4 Å². The predicted octanol–water partition coefficient (Wildman–Crippen LogP) is 7.21. The van der Waals surface area contributed by atoms with E-state index in [-0.39, 0.29) is 27.1 Å². The minimum Gasteiger partial charge on any atom is -0.347 e. The molecule has 0 saturated heterocycles. The van der Waals surface area contributed by atoms with Crippen molar-refractivity contribution in [2.75, 3.05) is 23.9 Å². The summed E-state index contributed by atoms with van der Waals surface area (Å²) in [4.78, 5) is 26.5. The molecule has 3 aromatic rings. The lowest BCUT2D eigenvalue weighted by Crippen LogP contribution is -2.25. The molecule has 0 spiro atoms. The first kappa shape index (κ1) is 26.2. The zero-order valence-electron chi connectivity index (χ0n) is 23.0. The van der Waals surface area contributed by atoms with Crippen molar-refractivity contribution >= 4 is 22.7 Å². The van der Waals surface area contributed by atoms with E-state index in [0.717, 1.165) is 39.5 Å². The quantitative estimate of drug-likeness (QED) is 0.259. The monoisotopic (exact) mass is 524 g/mol. The number of non-ortho nitro benzene ring substituents is 2. The van der Waals surface area contributed by atoms with Gasteiger partial charge in [-0.2, -0.15) is 0 Å². The third-order valence-corrected chi connectivity index (χ3v) is 8.31. The summed E-state index contributed by atoms with van der Waals surface area (Å²) >= 11 is 0. The highest BCUT2D eigenvalue weighted by atomic mass is 16.6. The summed E-state index contributed by atoms with van der Waals surface area (Å²) in [7, 11) is 4.00. The van der Waals surface area contributed by atoms with Gasteiger partial charge in [-0.3, -0.25) is 20.2 Å². The van der Waals surface area contributed by atoms with E-state index in [1.54, 1.807) is 24.3 Å². The Balaban J connectivity index is 1.65. The van der Waals surface area contributed by atoms with Crippen LogP contribution in [0.15, 0.2) is 90.3 Å². The van der Waals surface area contributed by atoms with Crippen LogP contribution in [0.1, 0.15) is 50.3 Å². The maximum Gasteiger partial charge on any atom is 0.269 e. The number of likely N-dealkylation sites (N-methyl/N-ethyl adjacent to an activating group) is 2. The van der Waals surface area contributed by atoms with E-state index >= 15 is 0 Å². The van der Waals surface area contributed by atoms with Crippen molar-refractivity contribution in [3.05, 3.63) is 127 Å². The van der Waals surface area contributed by atoms with Crippen molar-refractivity contribution in [1.29, 1.82) is 0 Å². The van der Waals surface area contributed by atoms with E-state index in [2.05, 4.69) is 61.8 Å². The Labute approximate surface area is 228 Å². The molecule has 2 aliphatic heterocycles. The average molecular weight is 525 g/mol. The van der Waals surface area contributed by atoms with E-state index in [1.807, 2.05) is 44.4 Å². The van der Waals surface area contributed by atoms with Gasteiger partial charge in [-0.25, -0.2) is 0 Å². The number of fused-ring (bicyclic) bond motifs is 2. The molecule has 3 aromatic carbocycles. The van der Waals surface area contributed by atoms with Crippen molar-refractivity contribution in [2.24, 2.45) is 0 Å². The van der Waals surface area contributed by atoms with Gasteiger partial charge in [0.1, 0.15) is 0 Å². The van der Waals surface area contributed by atoms with Gasteiger partial charge >= 0.3 is 0 Å². The standard InChI is InChI=1S/C31H32N4O4/c1-30(2)24-18-22(34(36)37)12-14-26(24)32(5)28(30)16-21(20-10-8-7-9-11-20)17-29-31(3,4)25-19-23(35(38)39)13-15-27(25)33(29)6/h7-19,21H,1-6H3/b28-16-,29-17-. The first-order valence-electron chi connectivity index (χ1n) is 12.9. The third kappa shape index (κ3) is 4.16. The van der Waals surface area contributed by atoms with Gasteiger partial charge in [0.15, 0.2) is 0 Å². The zero-order valence-corrected chi connectivity index (χ0v) is 23.0. The molecule has 2 aliphatic rings. The summed E-state index contributed by atoms with van der Waals surface area (Å²) in [6, 6.07) is 20.3. The summed E-state index contributed by atoms with van der Waals surface area (Å²) in [6.07, 6.45) is 4.48. The number of nitro benzene ring substituents is 2. The number of hydrogen-bond donors (Lipinski definition) is 0. The predicted molar refractivity (Wildman–Crippen MR) is 154 cm³/mol. The number of nitro groups is 2. The van der Waals surface area contributed by atoms with Crippen LogP contribution in [-0.2, 0) is 10.8 Å². The first-order chi connectivity index (χ1) is 18.3. The second-order valence-electron chi connectivity index (χ2n) is 11.3. The lowest BCUT2D eigenvalue weighted by Gasteiger charge is -2.28. The maximum absolute atomic E-state index is 11.5. The maximum atomic E-state index is 11.5. The van der Waals surface area contributed by atoms with Crippen molar-refractivity contribution in [3.63, 3.8) is 0 Å². The van der Waals surface area contributed by atoms with Gasteiger partial charge in [0.25, 0.3) is 11.4 Å². The Hall–Kier alpha value is -4.46. The first-order valence-corrected chi connectivity index (χ1v) is 12.9. The molecule has 0 saturated carbocycles. The topological polar surface area (TPSA) is 92.8 Å². The molecule has 0 atom stereocenters. The highest BCUT2D eigenvalue weighted by Crippen LogP contribution is 2.51. The Morgan fingerprint density at radius 1 is 0.692 bits per heavy atom. The van der Waals surface area contributed by atoms with Gasteiger partial charge in [-0.1, -0.05) is 70.2 Å². The van der Waals surface area contributed by atoms with Crippen molar-refractivity contribution in [3.8, 4) is 0 Å². The molecule has 0 amide bonds. The summed E-state index contributed by atoms with van der Waals surface area (Å²) < 4.78 is 0. The number of anilines is 2. The van der Waals surface area contributed by atoms with E-state index in [1.165, 1.54) is 0 Å². The fourth-order valence-corrected chi connectivity index (χ4v) is 6.13. The minimum atomic E-state index is -0.456. The smallest absolute Gasteiger partial charge is 0.269 e. The van der Waals surface area contributed by atoms with Crippen LogP contribution in [0, 0.1) is 20.2 Å². The van der Waals surface area contributed by atoms with Crippen LogP contribution < -0.4 is 9.80 Å². The number of hydrogen-bond acceptors (Lipinski definition) is 6. The highest BCUT2D eigenvalue weighted by Gasteiger charge is 2.42. The number of allylic oxidation sites excluding steroid dienone is 4. The van der Waals surface area contributed by atoms with Crippen LogP contribution in [0.25, 0.3) is 0 Å². The molecule has 0 unspecified atom stereocenters. The molecule has 0 aliphatic carbocycles. The molecule has 8 heteroatoms. The number of nitrogens with zero attached hydrogens (tertiary/aromatic N) is 4. The van der Waals surface area contributed by atoms with Gasteiger partial charge in [0.05, 0.1) is 9.85 Å². The van der Waals surface area contributed by atoms with Gasteiger partial charge < -0.3 is 9.80 Å². The summed E-state index contributed by atoms with van der Waals surface area (Å²) in [6.45, 7) is 8.39. The Bertz CT molecular complexity index is 1460. The minimum absolute atomic E-state index is 0.0828. The van der Waals surface area contributed by atoms with E-state index in [4.69, 9.17) is 0 Å². The van der Waals surface area contributed by atoms with Crippen LogP contribution in [0.5, 0.6) is 0 Å². The number of benzene rings is 3. The number of rotatable bonds is 5. The fourth-order valence-electron chi connectivity index (χ4n) is 6.13. The lowest BCUT2D eigenvalue weighted by atomic mass is 9.80. The molecule has 200 valence electrons. The Morgan fingerprint density at radius 2 is 1.10 bits per heavy atom. The second kappa shape index (κ2) is 9.08. The van der Waals surface area contributed by atoms with Crippen LogP contribution in [0.4, 0.5) is 22.7 Å². The molecule has 0 bridgehead atoms. The largest absolute Gasteiger partial charge is 0.347 e. The molecule has 2 heterocycles. The molecule has 0 aromatic heterocycles. The molecule has 0 N–H and O–H groups in total. The Kier molecular flexibility index (Phi) is 6.09. The molecular formula is C31H32N4O4. The zero-order chi connectivity index (χ0) is 28.3. The van der Waals surface area contributed by atoms with Crippen LogP contribution in [0.2, 0.25) is 0 Å². The summed E-state index contributed by atoms with van der Waals surface area (Å²) in [5.74, 6) is -0.117. The lowest BCUT2D eigenvalue weighted by molar-refractivity contribution is -0.385. The molecule has 0 radical (unpaired) electrons. The molecule has 0 fully saturated rings. The van der Waals surface area contributed by atoms with Crippen LogP contribution in [0.3, 0.4) is 0 Å². The van der Waals surface area contributed by atoms with Crippen LogP contribution in [-0.4, -0.2) is 23.9 Å². The van der Waals surface area contributed by atoms with Gasteiger partial charge in [-0.05, 0) is 28.8 Å². The highest BCUT2D eigenvalue weighted by molar-refractivity contribution is 5.74. The second-order valence-corrected chi connectivity index (χ2v) is 11.3. The summed E-state index contributed by atoms with van der Waals surface area (Å²) in [5.41, 5.74) is 6.21. The van der Waals surface area contributed by atoms with Crippen LogP contribution >= 0.6 is 0 Å².